The summed E-state index contributed by atoms with van der Waals surface area (Å²) in [6, 6.07) is 7.87. The van der Waals surface area contributed by atoms with Gasteiger partial charge in [0.05, 0.1) is 12.1 Å². The van der Waals surface area contributed by atoms with Gasteiger partial charge in [0.2, 0.25) is 17.7 Å². The molecule has 7 nitrogen and oxygen atoms in total. The highest BCUT2D eigenvalue weighted by Crippen LogP contribution is 2.25. The Kier molecular flexibility index (Phi) is 5.63. The van der Waals surface area contributed by atoms with Crippen LogP contribution in [0.3, 0.4) is 0 Å². The van der Waals surface area contributed by atoms with Crippen molar-refractivity contribution in [3.63, 3.8) is 0 Å². The number of amides is 1. The van der Waals surface area contributed by atoms with E-state index < -0.39 is 0 Å². The van der Waals surface area contributed by atoms with Crippen molar-refractivity contribution >= 4 is 5.91 Å². The number of aromatic nitrogens is 3. The lowest BCUT2D eigenvalue weighted by atomic mass is 9.97. The van der Waals surface area contributed by atoms with Crippen LogP contribution in [-0.4, -0.2) is 27.6 Å². The molecule has 0 saturated heterocycles. The molecular weight excluding hydrogens is 356 g/mol. The summed E-state index contributed by atoms with van der Waals surface area (Å²) < 4.78 is 11.0. The van der Waals surface area contributed by atoms with Crippen molar-refractivity contribution in [2.75, 3.05) is 6.54 Å². The third-order valence-corrected chi connectivity index (χ3v) is 4.38. The van der Waals surface area contributed by atoms with Crippen molar-refractivity contribution in [2.24, 2.45) is 0 Å². The number of rotatable bonds is 6. The van der Waals surface area contributed by atoms with Crippen molar-refractivity contribution in [3.8, 4) is 11.5 Å². The van der Waals surface area contributed by atoms with Gasteiger partial charge in [-0.25, -0.2) is 4.98 Å². The lowest BCUT2D eigenvalue weighted by Gasteiger charge is -2.10. The third kappa shape index (κ3) is 4.65. The van der Waals surface area contributed by atoms with Crippen LogP contribution in [-0.2, 0) is 23.1 Å². The second-order valence-corrected chi connectivity index (χ2v) is 7.88. The molecule has 3 rings (SSSR count). The quantitative estimate of drug-likeness (QED) is 0.701. The van der Waals surface area contributed by atoms with Crippen LogP contribution in [0.2, 0.25) is 0 Å². The van der Waals surface area contributed by atoms with E-state index in [0.29, 0.717) is 42.0 Å². The van der Waals surface area contributed by atoms with Crippen molar-refractivity contribution in [1.29, 1.82) is 0 Å². The molecule has 0 bridgehead atoms. The van der Waals surface area contributed by atoms with E-state index in [1.807, 2.05) is 58.9 Å². The van der Waals surface area contributed by atoms with E-state index in [1.54, 1.807) is 0 Å². The summed E-state index contributed by atoms with van der Waals surface area (Å²) in [5.74, 6) is 2.26. The monoisotopic (exact) mass is 382 g/mol. The fourth-order valence-electron chi connectivity index (χ4n) is 2.71. The molecule has 7 heteroatoms. The third-order valence-electron chi connectivity index (χ3n) is 4.38. The maximum absolute atomic E-state index is 12.3. The lowest BCUT2D eigenvalue weighted by molar-refractivity contribution is -0.120. The molecule has 0 atom stereocenters. The fraction of sp³-hybridized carbons (Fsp3) is 0.429. The molecule has 0 aliphatic heterocycles. The summed E-state index contributed by atoms with van der Waals surface area (Å²) in [5, 5.41) is 6.83. The second-order valence-electron chi connectivity index (χ2n) is 7.88. The maximum atomic E-state index is 12.3. The van der Waals surface area contributed by atoms with Crippen LogP contribution < -0.4 is 5.32 Å². The molecule has 0 fully saturated rings. The Labute approximate surface area is 164 Å². The van der Waals surface area contributed by atoms with Crippen LogP contribution in [0.15, 0.2) is 33.2 Å². The average molecular weight is 382 g/mol. The fourth-order valence-corrected chi connectivity index (χ4v) is 2.71. The maximum Gasteiger partial charge on any atom is 0.232 e. The summed E-state index contributed by atoms with van der Waals surface area (Å²) in [6.07, 6.45) is 0.679. The van der Waals surface area contributed by atoms with Gasteiger partial charge in [0.25, 0.3) is 0 Å². The zero-order valence-electron chi connectivity index (χ0n) is 17.0. The van der Waals surface area contributed by atoms with Gasteiger partial charge in [0.15, 0.2) is 5.82 Å². The van der Waals surface area contributed by atoms with E-state index in [4.69, 9.17) is 8.94 Å². The Bertz CT molecular complexity index is 966. The first-order chi connectivity index (χ1) is 13.2. The molecule has 1 N–H and O–H groups in total. The molecule has 2 aromatic heterocycles. The first kappa shape index (κ1) is 19.8. The highest BCUT2D eigenvalue weighted by atomic mass is 16.5. The first-order valence-corrected chi connectivity index (χ1v) is 9.36. The molecule has 1 aromatic carbocycles. The standard InChI is InChI=1S/C21H26N4O3/c1-13-8-6-7-9-15(13)19-23-16(14(2)27-19)12-18(26)22-11-10-17-24-20(28-25-17)21(3,4)5/h6-9H,10-12H2,1-5H3,(H,22,26). The van der Waals surface area contributed by atoms with Gasteiger partial charge < -0.3 is 14.3 Å². The summed E-state index contributed by atoms with van der Waals surface area (Å²) in [6.45, 7) is 10.3. The summed E-state index contributed by atoms with van der Waals surface area (Å²) in [4.78, 5) is 21.2. The highest BCUT2D eigenvalue weighted by Gasteiger charge is 2.21. The Morgan fingerprint density at radius 1 is 1.14 bits per heavy atom. The lowest BCUT2D eigenvalue weighted by Crippen LogP contribution is -2.27. The molecule has 0 unspecified atom stereocenters. The van der Waals surface area contributed by atoms with Crippen LogP contribution in [0, 0.1) is 13.8 Å². The number of benzene rings is 1. The molecule has 0 aliphatic rings. The van der Waals surface area contributed by atoms with E-state index >= 15 is 0 Å². The molecule has 0 aliphatic carbocycles. The van der Waals surface area contributed by atoms with Crippen LogP contribution >= 0.6 is 0 Å². The van der Waals surface area contributed by atoms with Crippen molar-refractivity contribution in [3.05, 3.63) is 53.0 Å². The van der Waals surface area contributed by atoms with E-state index in [0.717, 1.165) is 11.1 Å². The first-order valence-electron chi connectivity index (χ1n) is 9.36. The Morgan fingerprint density at radius 2 is 1.89 bits per heavy atom. The number of nitrogens with zero attached hydrogens (tertiary/aromatic N) is 3. The normalized spacial score (nSPS) is 11.6. The number of hydrogen-bond donors (Lipinski definition) is 1. The summed E-state index contributed by atoms with van der Waals surface area (Å²) in [7, 11) is 0. The molecule has 3 aromatic rings. The number of carbonyl (C=O) groups excluding carboxylic acids is 1. The Balaban J connectivity index is 1.55. The summed E-state index contributed by atoms with van der Waals surface area (Å²) >= 11 is 0. The molecule has 0 radical (unpaired) electrons. The number of carbonyl (C=O) groups is 1. The zero-order valence-corrected chi connectivity index (χ0v) is 17.0. The van der Waals surface area contributed by atoms with Gasteiger partial charge in [0.1, 0.15) is 5.76 Å². The van der Waals surface area contributed by atoms with Crippen LogP contribution in [0.1, 0.15) is 49.5 Å². The predicted octanol–water partition coefficient (Wildman–Crippen LogP) is 3.54. The minimum absolute atomic E-state index is 0.118. The number of aryl methyl sites for hydroxylation is 2. The molecular formula is C21H26N4O3. The zero-order chi connectivity index (χ0) is 20.3. The van der Waals surface area contributed by atoms with Crippen molar-refractivity contribution in [2.45, 2.75) is 52.9 Å². The number of oxazole rings is 1. The Morgan fingerprint density at radius 3 is 2.57 bits per heavy atom. The average Bonchev–Trinajstić information content (AvgIpc) is 3.23. The van der Waals surface area contributed by atoms with Gasteiger partial charge in [-0.2, -0.15) is 4.98 Å². The van der Waals surface area contributed by atoms with Gasteiger partial charge >= 0.3 is 0 Å². The topological polar surface area (TPSA) is 94.1 Å². The van der Waals surface area contributed by atoms with Crippen molar-refractivity contribution < 1.29 is 13.7 Å². The van der Waals surface area contributed by atoms with Crippen molar-refractivity contribution in [1.82, 2.24) is 20.4 Å². The molecule has 0 saturated carbocycles. The molecule has 28 heavy (non-hydrogen) atoms. The van der Waals surface area contributed by atoms with Crippen LogP contribution in [0.5, 0.6) is 0 Å². The van der Waals surface area contributed by atoms with E-state index in [1.165, 1.54) is 0 Å². The predicted molar refractivity (Wildman–Crippen MR) is 105 cm³/mol. The second kappa shape index (κ2) is 7.96. The van der Waals surface area contributed by atoms with Gasteiger partial charge in [-0.05, 0) is 25.5 Å². The smallest absolute Gasteiger partial charge is 0.232 e. The number of nitrogens with one attached hydrogen (secondary N) is 1. The van der Waals surface area contributed by atoms with E-state index in [2.05, 4.69) is 20.4 Å². The highest BCUT2D eigenvalue weighted by molar-refractivity contribution is 5.78. The van der Waals surface area contributed by atoms with Crippen LogP contribution in [0.4, 0.5) is 0 Å². The molecule has 1 amide bonds. The van der Waals surface area contributed by atoms with E-state index in [9.17, 15) is 4.79 Å². The van der Waals surface area contributed by atoms with Gasteiger partial charge in [-0.3, -0.25) is 4.79 Å². The minimum atomic E-state index is -0.187. The minimum Gasteiger partial charge on any atom is -0.441 e. The Hall–Kier alpha value is -2.96. The molecule has 148 valence electrons. The largest absolute Gasteiger partial charge is 0.441 e. The molecule has 0 spiro atoms. The van der Waals surface area contributed by atoms with Gasteiger partial charge in [0, 0.05) is 23.9 Å². The summed E-state index contributed by atoms with van der Waals surface area (Å²) in [5.41, 5.74) is 2.47. The SMILES string of the molecule is Cc1ccccc1-c1nc(CC(=O)NCCc2noc(C(C)(C)C)n2)c(C)o1. The molecule has 2 heterocycles. The van der Waals surface area contributed by atoms with Crippen LogP contribution in [0.25, 0.3) is 11.5 Å². The number of hydrogen-bond acceptors (Lipinski definition) is 6. The van der Waals surface area contributed by atoms with E-state index in [-0.39, 0.29) is 17.7 Å². The van der Waals surface area contributed by atoms with Gasteiger partial charge in [-0.15, -0.1) is 0 Å². The van der Waals surface area contributed by atoms with Gasteiger partial charge in [-0.1, -0.05) is 44.1 Å².